The summed E-state index contributed by atoms with van der Waals surface area (Å²) >= 11 is 0. The Hall–Kier alpha value is -2.27. The molecule has 0 spiro atoms. The van der Waals surface area contributed by atoms with E-state index in [1.54, 1.807) is 4.90 Å². The molecule has 8 nitrogen and oxygen atoms in total. The highest BCUT2D eigenvalue weighted by Gasteiger charge is 2.42. The van der Waals surface area contributed by atoms with E-state index < -0.39 is 11.8 Å². The van der Waals surface area contributed by atoms with Gasteiger partial charge in [-0.3, -0.25) is 9.89 Å². The molecule has 1 amide bonds. The van der Waals surface area contributed by atoms with Crippen molar-refractivity contribution in [3.8, 4) is 12.3 Å². The van der Waals surface area contributed by atoms with Crippen LogP contribution in [-0.4, -0.2) is 49.4 Å². The number of hydrogen-bond acceptors (Lipinski definition) is 6. The van der Waals surface area contributed by atoms with Crippen LogP contribution < -0.4 is 0 Å². The van der Waals surface area contributed by atoms with Crippen LogP contribution in [0.1, 0.15) is 56.7 Å². The first kappa shape index (κ1) is 16.6. The Labute approximate surface area is 140 Å². The summed E-state index contributed by atoms with van der Waals surface area (Å²) < 4.78 is 0. The minimum atomic E-state index is -0.548. The maximum atomic E-state index is 12.6. The number of aliphatic hydroxyl groups is 1. The maximum absolute atomic E-state index is 12.6. The lowest BCUT2D eigenvalue weighted by Gasteiger charge is -2.22. The van der Waals surface area contributed by atoms with E-state index in [0.717, 1.165) is 12.2 Å². The molecule has 0 aromatic carbocycles. The van der Waals surface area contributed by atoms with E-state index >= 15 is 0 Å². The number of H-pyrrole nitrogens is 1. The molecule has 0 saturated carbocycles. The molecule has 1 fully saturated rings. The quantitative estimate of drug-likeness (QED) is 0.736. The number of carbonyl (C=O) groups excluding carboxylic acids is 1. The number of hydrogen-bond donors (Lipinski definition) is 2. The second-order valence-corrected chi connectivity index (χ2v) is 6.33. The number of aryl methyl sites for hydroxylation is 1. The van der Waals surface area contributed by atoms with Crippen molar-refractivity contribution in [1.82, 2.24) is 20.1 Å². The summed E-state index contributed by atoms with van der Waals surface area (Å²) in [6.07, 6.45) is 8.10. The molecule has 8 heteroatoms. The number of nitrogens with one attached hydrogen (secondary N) is 1. The maximum Gasteiger partial charge on any atom is 0.223 e. The van der Waals surface area contributed by atoms with Gasteiger partial charge < -0.3 is 10.0 Å². The second-order valence-electron chi connectivity index (χ2n) is 6.33. The number of β-amino-alcohol motifs (C(OH)–C–C–N with tert-alkyl or cyclic N) is 1. The summed E-state index contributed by atoms with van der Waals surface area (Å²) in [4.78, 5) is 18.7. The van der Waals surface area contributed by atoms with Crippen molar-refractivity contribution in [3.05, 3.63) is 11.6 Å². The molecular formula is C16H22N6O2. The van der Waals surface area contributed by atoms with Gasteiger partial charge in [0.2, 0.25) is 5.91 Å². The zero-order valence-corrected chi connectivity index (χ0v) is 13.8. The van der Waals surface area contributed by atoms with E-state index in [9.17, 15) is 9.90 Å². The first-order valence-electron chi connectivity index (χ1n) is 8.33. The average molecular weight is 330 g/mol. The van der Waals surface area contributed by atoms with Crippen LogP contribution in [0.5, 0.6) is 0 Å². The fraction of sp³-hybridized carbons (Fsp3) is 0.688. The monoisotopic (exact) mass is 330 g/mol. The molecule has 0 unspecified atom stereocenters. The van der Waals surface area contributed by atoms with Crippen LogP contribution in [0.15, 0.2) is 10.2 Å². The molecule has 1 aromatic rings. The summed E-state index contributed by atoms with van der Waals surface area (Å²) in [6, 6.07) is -0.279. The number of terminal acetylenes is 1. The van der Waals surface area contributed by atoms with E-state index in [-0.39, 0.29) is 11.9 Å². The van der Waals surface area contributed by atoms with Gasteiger partial charge in [0.25, 0.3) is 0 Å². The minimum absolute atomic E-state index is 0.0308. The van der Waals surface area contributed by atoms with Gasteiger partial charge in [0, 0.05) is 45.1 Å². The third-order valence-corrected chi connectivity index (χ3v) is 4.57. The third-order valence-electron chi connectivity index (χ3n) is 4.57. The van der Waals surface area contributed by atoms with Crippen LogP contribution in [0, 0.1) is 12.3 Å². The molecule has 3 rings (SSSR count). The molecule has 2 aliphatic rings. The van der Waals surface area contributed by atoms with Crippen molar-refractivity contribution in [1.29, 1.82) is 0 Å². The van der Waals surface area contributed by atoms with Crippen LogP contribution in [0.25, 0.3) is 0 Å². The van der Waals surface area contributed by atoms with Crippen LogP contribution >= 0.6 is 0 Å². The molecule has 0 radical (unpaired) electrons. The lowest BCUT2D eigenvalue weighted by atomic mass is 10.0. The summed E-state index contributed by atoms with van der Waals surface area (Å²) in [5.41, 5.74) is -0.462. The van der Waals surface area contributed by atoms with Gasteiger partial charge in [0.1, 0.15) is 5.82 Å². The van der Waals surface area contributed by atoms with Crippen molar-refractivity contribution in [2.45, 2.75) is 63.3 Å². The summed E-state index contributed by atoms with van der Waals surface area (Å²) in [7, 11) is 0. The minimum Gasteiger partial charge on any atom is -0.391 e. The Bertz CT molecular complexity index is 670. The van der Waals surface area contributed by atoms with Crippen molar-refractivity contribution < 1.29 is 9.90 Å². The molecule has 2 N–H and O–H groups in total. The number of aliphatic hydroxyl groups excluding tert-OH is 1. The van der Waals surface area contributed by atoms with Crippen LogP contribution in [-0.2, 0) is 11.2 Å². The number of nitrogens with zero attached hydrogens (tertiary/aromatic N) is 5. The summed E-state index contributed by atoms with van der Waals surface area (Å²) in [5, 5.41) is 25.2. The van der Waals surface area contributed by atoms with Crippen LogP contribution in [0.4, 0.5) is 0 Å². The predicted molar refractivity (Wildman–Crippen MR) is 85.7 cm³/mol. The molecule has 128 valence electrons. The van der Waals surface area contributed by atoms with Crippen LogP contribution in [0.2, 0.25) is 0 Å². The second kappa shape index (κ2) is 6.69. The summed E-state index contributed by atoms with van der Waals surface area (Å²) in [5.74, 6) is 3.90. The highest BCUT2D eigenvalue weighted by molar-refractivity contribution is 5.77. The molecule has 3 heterocycles. The molecule has 0 bridgehead atoms. The highest BCUT2D eigenvalue weighted by atomic mass is 16.3. The Balaban J connectivity index is 1.61. The fourth-order valence-electron chi connectivity index (χ4n) is 3.07. The van der Waals surface area contributed by atoms with E-state index in [1.807, 2.05) is 6.92 Å². The first-order valence-corrected chi connectivity index (χ1v) is 8.33. The molecule has 1 saturated heterocycles. The van der Waals surface area contributed by atoms with Crippen molar-refractivity contribution >= 4 is 5.91 Å². The van der Waals surface area contributed by atoms with E-state index in [0.29, 0.717) is 44.5 Å². The highest BCUT2D eigenvalue weighted by Crippen LogP contribution is 2.38. The predicted octanol–water partition coefficient (Wildman–Crippen LogP) is 1.36. The Kier molecular flexibility index (Phi) is 4.62. The van der Waals surface area contributed by atoms with E-state index in [4.69, 9.17) is 6.42 Å². The van der Waals surface area contributed by atoms with Gasteiger partial charge in [0.15, 0.2) is 11.5 Å². The topological polar surface area (TPSA) is 107 Å². The van der Waals surface area contributed by atoms with Gasteiger partial charge in [-0.15, -0.1) is 12.3 Å². The molecule has 0 aliphatic carbocycles. The van der Waals surface area contributed by atoms with E-state index in [1.165, 1.54) is 0 Å². The number of likely N-dealkylation sites (tertiary alicyclic amines) is 1. The standard InChI is InChI=1S/C16H22N6O2/c1-3-5-7-16(20-21-16)8-6-14(24)22-10-11(23)9-12(22)15-17-13(4-2)18-19-15/h1,11-12,23H,4-10H2,2H3,(H,17,18,19)/t11-,12+/m1/s1. The molecule has 2 atom stereocenters. The van der Waals surface area contributed by atoms with Crippen LogP contribution in [0.3, 0.4) is 0 Å². The van der Waals surface area contributed by atoms with Gasteiger partial charge in [0.05, 0.1) is 12.1 Å². The normalized spacial score (nSPS) is 24.1. The number of rotatable bonds is 7. The molecule has 24 heavy (non-hydrogen) atoms. The number of carbonyl (C=O) groups is 1. The molecule has 2 aliphatic heterocycles. The Morgan fingerprint density at radius 2 is 2.29 bits per heavy atom. The largest absolute Gasteiger partial charge is 0.391 e. The smallest absolute Gasteiger partial charge is 0.223 e. The zero-order chi connectivity index (χ0) is 17.2. The van der Waals surface area contributed by atoms with Gasteiger partial charge >= 0.3 is 0 Å². The van der Waals surface area contributed by atoms with Crippen molar-refractivity contribution in [3.63, 3.8) is 0 Å². The fourth-order valence-corrected chi connectivity index (χ4v) is 3.07. The average Bonchev–Trinajstić information content (AvgIpc) is 3.01. The van der Waals surface area contributed by atoms with Gasteiger partial charge in [-0.25, -0.2) is 4.98 Å². The number of aromatic nitrogens is 3. The van der Waals surface area contributed by atoms with Gasteiger partial charge in [-0.2, -0.15) is 15.3 Å². The van der Waals surface area contributed by atoms with Crippen molar-refractivity contribution in [2.24, 2.45) is 10.2 Å². The SMILES string of the molecule is C#CCCC1(CCC(=O)N2C[C@H](O)C[C@H]2c2n[nH]c(CC)n2)N=N1. The first-order chi connectivity index (χ1) is 11.6. The van der Waals surface area contributed by atoms with Crippen molar-refractivity contribution in [2.75, 3.05) is 6.54 Å². The molecule has 1 aromatic heterocycles. The van der Waals surface area contributed by atoms with Gasteiger partial charge in [-0.05, 0) is 0 Å². The zero-order valence-electron chi connectivity index (χ0n) is 13.8. The number of amides is 1. The molecular weight excluding hydrogens is 308 g/mol. The Morgan fingerprint density at radius 3 is 2.92 bits per heavy atom. The summed E-state index contributed by atoms with van der Waals surface area (Å²) in [6.45, 7) is 2.29. The number of aromatic amines is 1. The third kappa shape index (κ3) is 3.46. The lowest BCUT2D eigenvalue weighted by Crippen LogP contribution is -2.33. The van der Waals surface area contributed by atoms with Gasteiger partial charge in [-0.1, -0.05) is 6.92 Å². The Morgan fingerprint density at radius 1 is 1.50 bits per heavy atom. The van der Waals surface area contributed by atoms with E-state index in [2.05, 4.69) is 31.3 Å². The lowest BCUT2D eigenvalue weighted by molar-refractivity contribution is -0.132.